The summed E-state index contributed by atoms with van der Waals surface area (Å²) in [5.41, 5.74) is 1.30. The van der Waals surface area contributed by atoms with Gasteiger partial charge < -0.3 is 4.74 Å². The van der Waals surface area contributed by atoms with Crippen molar-refractivity contribution in [2.75, 3.05) is 19.0 Å². The fourth-order valence-electron chi connectivity index (χ4n) is 1.66. The van der Waals surface area contributed by atoms with Gasteiger partial charge in [-0.1, -0.05) is 6.07 Å². The number of hydrogen-bond donors (Lipinski definition) is 1. The highest BCUT2D eigenvalue weighted by molar-refractivity contribution is 7.80. The highest BCUT2D eigenvalue weighted by Crippen LogP contribution is 2.34. The van der Waals surface area contributed by atoms with Gasteiger partial charge in [0.25, 0.3) is 0 Å². The van der Waals surface area contributed by atoms with Gasteiger partial charge in [-0.3, -0.25) is 4.98 Å². The molecule has 0 aliphatic carbocycles. The molecule has 13 heavy (non-hydrogen) atoms. The SMILES string of the molecule is SCCC1(c2ccccn2)COC1. The molecule has 0 spiro atoms. The maximum absolute atomic E-state index is 5.27. The van der Waals surface area contributed by atoms with Crippen LogP contribution in [0.3, 0.4) is 0 Å². The molecule has 2 heterocycles. The molecule has 3 heteroatoms. The van der Waals surface area contributed by atoms with Crippen molar-refractivity contribution in [1.29, 1.82) is 0 Å². The molecule has 0 N–H and O–H groups in total. The average Bonchev–Trinajstić information content (AvgIpc) is 2.13. The molecule has 0 radical (unpaired) electrons. The Morgan fingerprint density at radius 1 is 1.46 bits per heavy atom. The van der Waals surface area contributed by atoms with E-state index in [1.807, 2.05) is 18.3 Å². The van der Waals surface area contributed by atoms with E-state index >= 15 is 0 Å². The van der Waals surface area contributed by atoms with E-state index in [4.69, 9.17) is 4.74 Å². The first kappa shape index (κ1) is 9.03. The number of ether oxygens (including phenoxy) is 1. The van der Waals surface area contributed by atoms with Crippen LogP contribution in [0.2, 0.25) is 0 Å². The number of hydrogen-bond acceptors (Lipinski definition) is 3. The van der Waals surface area contributed by atoms with E-state index in [0.717, 1.165) is 31.1 Å². The van der Waals surface area contributed by atoms with E-state index < -0.39 is 0 Å². The minimum Gasteiger partial charge on any atom is -0.379 e. The van der Waals surface area contributed by atoms with Crippen LogP contribution in [0.1, 0.15) is 12.1 Å². The van der Waals surface area contributed by atoms with Gasteiger partial charge in [0.1, 0.15) is 0 Å². The topological polar surface area (TPSA) is 22.1 Å². The quantitative estimate of drug-likeness (QED) is 0.741. The molecule has 1 saturated heterocycles. The second kappa shape index (κ2) is 3.68. The highest BCUT2D eigenvalue weighted by atomic mass is 32.1. The molecule has 1 aliphatic heterocycles. The highest BCUT2D eigenvalue weighted by Gasteiger charge is 2.40. The smallest absolute Gasteiger partial charge is 0.0601 e. The van der Waals surface area contributed by atoms with Crippen LogP contribution < -0.4 is 0 Å². The van der Waals surface area contributed by atoms with E-state index in [2.05, 4.69) is 23.7 Å². The lowest BCUT2D eigenvalue weighted by atomic mass is 9.79. The molecule has 0 aromatic carbocycles. The first-order valence-corrected chi connectivity index (χ1v) is 5.11. The lowest BCUT2D eigenvalue weighted by Crippen LogP contribution is -2.47. The molecule has 0 bridgehead atoms. The third-order valence-corrected chi connectivity index (χ3v) is 2.78. The van der Waals surface area contributed by atoms with Gasteiger partial charge in [-0.15, -0.1) is 0 Å². The van der Waals surface area contributed by atoms with Crippen LogP contribution in [-0.4, -0.2) is 24.0 Å². The zero-order valence-electron chi connectivity index (χ0n) is 7.44. The molecule has 70 valence electrons. The van der Waals surface area contributed by atoms with Gasteiger partial charge in [-0.05, 0) is 24.3 Å². The van der Waals surface area contributed by atoms with Crippen molar-refractivity contribution < 1.29 is 4.74 Å². The number of nitrogens with zero attached hydrogens (tertiary/aromatic N) is 1. The Morgan fingerprint density at radius 2 is 2.31 bits per heavy atom. The molecular formula is C10H13NOS. The summed E-state index contributed by atoms with van der Waals surface area (Å²) in [4.78, 5) is 4.38. The average molecular weight is 195 g/mol. The van der Waals surface area contributed by atoms with Crippen LogP contribution in [0.4, 0.5) is 0 Å². The monoisotopic (exact) mass is 195 g/mol. The van der Waals surface area contributed by atoms with Crippen molar-refractivity contribution in [1.82, 2.24) is 4.98 Å². The summed E-state index contributed by atoms with van der Waals surface area (Å²) in [5.74, 6) is 0.889. The maximum atomic E-state index is 5.27. The van der Waals surface area contributed by atoms with Crippen molar-refractivity contribution in [2.24, 2.45) is 0 Å². The lowest BCUT2D eigenvalue weighted by Gasteiger charge is -2.40. The van der Waals surface area contributed by atoms with E-state index in [-0.39, 0.29) is 5.41 Å². The summed E-state index contributed by atoms with van der Waals surface area (Å²) in [6, 6.07) is 6.05. The summed E-state index contributed by atoms with van der Waals surface area (Å²) in [6.45, 7) is 1.59. The first-order valence-electron chi connectivity index (χ1n) is 4.47. The Kier molecular flexibility index (Phi) is 2.56. The molecule has 0 unspecified atom stereocenters. The number of pyridine rings is 1. The summed E-state index contributed by atoms with van der Waals surface area (Å²) in [6.07, 6.45) is 2.89. The normalized spacial score (nSPS) is 19.5. The van der Waals surface area contributed by atoms with Crippen molar-refractivity contribution >= 4 is 12.6 Å². The number of rotatable bonds is 3. The molecule has 1 aromatic heterocycles. The molecule has 0 amide bonds. The summed E-state index contributed by atoms with van der Waals surface area (Å²) in [5, 5.41) is 0. The minimum atomic E-state index is 0.156. The summed E-state index contributed by atoms with van der Waals surface area (Å²) < 4.78 is 5.27. The second-order valence-corrected chi connectivity index (χ2v) is 3.91. The molecule has 2 rings (SSSR count). The Morgan fingerprint density at radius 3 is 2.77 bits per heavy atom. The number of aromatic nitrogens is 1. The molecule has 2 nitrogen and oxygen atoms in total. The van der Waals surface area contributed by atoms with Gasteiger partial charge in [0, 0.05) is 6.20 Å². The Hall–Kier alpha value is -0.540. The Balaban J connectivity index is 2.22. The zero-order valence-corrected chi connectivity index (χ0v) is 8.33. The minimum absolute atomic E-state index is 0.156. The van der Waals surface area contributed by atoms with E-state index in [1.165, 1.54) is 0 Å². The third kappa shape index (κ3) is 1.58. The van der Waals surface area contributed by atoms with Crippen LogP contribution in [-0.2, 0) is 10.2 Å². The maximum Gasteiger partial charge on any atom is 0.0601 e. The van der Waals surface area contributed by atoms with Gasteiger partial charge in [0.2, 0.25) is 0 Å². The molecule has 1 aliphatic rings. The molecule has 0 atom stereocenters. The van der Waals surface area contributed by atoms with Crippen LogP contribution in [0.5, 0.6) is 0 Å². The first-order chi connectivity index (χ1) is 6.37. The standard InChI is InChI=1S/C10H13NOS/c13-6-4-10(7-12-8-10)9-3-1-2-5-11-9/h1-3,5,13H,4,6-8H2. The Labute approximate surface area is 83.7 Å². The van der Waals surface area contributed by atoms with Gasteiger partial charge in [-0.25, -0.2) is 0 Å². The Bertz CT molecular complexity index is 272. The van der Waals surface area contributed by atoms with Crippen molar-refractivity contribution in [3.8, 4) is 0 Å². The predicted molar refractivity (Wildman–Crippen MR) is 55.2 cm³/mol. The van der Waals surface area contributed by atoms with Crippen molar-refractivity contribution in [3.63, 3.8) is 0 Å². The second-order valence-electron chi connectivity index (χ2n) is 3.46. The molecule has 0 saturated carbocycles. The molecule has 1 aromatic rings. The van der Waals surface area contributed by atoms with E-state index in [1.54, 1.807) is 0 Å². The van der Waals surface area contributed by atoms with Crippen LogP contribution in [0.25, 0.3) is 0 Å². The van der Waals surface area contributed by atoms with E-state index in [0.29, 0.717) is 0 Å². The van der Waals surface area contributed by atoms with Gasteiger partial charge in [0.15, 0.2) is 0 Å². The molecule has 1 fully saturated rings. The lowest BCUT2D eigenvalue weighted by molar-refractivity contribution is -0.0635. The van der Waals surface area contributed by atoms with Crippen molar-refractivity contribution in [3.05, 3.63) is 30.1 Å². The largest absolute Gasteiger partial charge is 0.379 e. The van der Waals surface area contributed by atoms with Crippen LogP contribution >= 0.6 is 12.6 Å². The third-order valence-electron chi connectivity index (χ3n) is 2.56. The van der Waals surface area contributed by atoms with Gasteiger partial charge in [0.05, 0.1) is 24.3 Å². The number of thiol groups is 1. The van der Waals surface area contributed by atoms with Crippen molar-refractivity contribution in [2.45, 2.75) is 11.8 Å². The fourth-order valence-corrected chi connectivity index (χ4v) is 2.09. The predicted octanol–water partition coefficient (Wildman–Crippen LogP) is 1.67. The summed E-state index contributed by atoms with van der Waals surface area (Å²) >= 11 is 4.27. The van der Waals surface area contributed by atoms with Crippen LogP contribution in [0, 0.1) is 0 Å². The van der Waals surface area contributed by atoms with Gasteiger partial charge in [-0.2, -0.15) is 12.6 Å². The fraction of sp³-hybridized carbons (Fsp3) is 0.500. The molecular weight excluding hydrogens is 182 g/mol. The van der Waals surface area contributed by atoms with Gasteiger partial charge >= 0.3 is 0 Å². The van der Waals surface area contributed by atoms with Crippen LogP contribution in [0.15, 0.2) is 24.4 Å². The zero-order chi connectivity index (χ0) is 9.15. The van der Waals surface area contributed by atoms with E-state index in [9.17, 15) is 0 Å². The summed E-state index contributed by atoms with van der Waals surface area (Å²) in [7, 11) is 0.